The molecule has 3 nitrogen and oxygen atoms in total. The van der Waals surface area contributed by atoms with Gasteiger partial charge < -0.3 is 9.64 Å². The van der Waals surface area contributed by atoms with Crippen LogP contribution in [-0.4, -0.2) is 37.6 Å². The smallest absolute Gasteiger partial charge is 0.306 e. The Hall–Kier alpha value is -1.61. The molecule has 0 fully saturated rings. The third-order valence-electron chi connectivity index (χ3n) is 8.76. The number of rotatable bonds is 32. The Balaban J connectivity index is 5.34. The number of ether oxygens (including phenoxy) is 1. The summed E-state index contributed by atoms with van der Waals surface area (Å²) in [6.45, 7) is 11.9. The van der Waals surface area contributed by atoms with E-state index in [2.05, 4.69) is 82.8 Å². The van der Waals surface area contributed by atoms with E-state index in [0.29, 0.717) is 18.3 Å². The zero-order chi connectivity index (χ0) is 32.5. The van der Waals surface area contributed by atoms with E-state index in [4.69, 9.17) is 4.74 Å². The summed E-state index contributed by atoms with van der Waals surface area (Å²) in [4.78, 5) is 15.3. The Morgan fingerprint density at radius 3 is 1.75 bits per heavy atom. The van der Waals surface area contributed by atoms with Crippen LogP contribution in [0.5, 0.6) is 0 Å². The molecule has 0 saturated heterocycles. The maximum atomic E-state index is 13.1. The standard InChI is InChI=1S/C41H75NO2/c1-7-10-13-16-19-22-25-29-34-39(38(4)33-28-24-21-18-15-12-9-3)40(35-30-26-23-20-17-14-11-8-2)44-41(43)36-31-27-32-37-42(5)6/h7,19-24,38-40H,1,8-18,25-37H2,2-6H3/b22-19-,23-20-,24-21-. The highest BCUT2D eigenvalue weighted by Crippen LogP contribution is 2.31. The molecular formula is C41H75NO2. The lowest BCUT2D eigenvalue weighted by molar-refractivity contribution is -0.154. The molecule has 0 aliphatic heterocycles. The molecular weight excluding hydrogens is 538 g/mol. The van der Waals surface area contributed by atoms with Gasteiger partial charge in [0.05, 0.1) is 0 Å². The zero-order valence-corrected chi connectivity index (χ0v) is 30.2. The number of carbonyl (C=O) groups excluding carboxylic acids is 1. The van der Waals surface area contributed by atoms with Gasteiger partial charge in [-0.25, -0.2) is 0 Å². The van der Waals surface area contributed by atoms with Crippen LogP contribution >= 0.6 is 0 Å². The first-order valence-corrected chi connectivity index (χ1v) is 18.9. The Bertz CT molecular complexity index is 722. The average molecular weight is 614 g/mol. The molecule has 0 aromatic rings. The third kappa shape index (κ3) is 27.9. The highest BCUT2D eigenvalue weighted by molar-refractivity contribution is 5.69. The van der Waals surface area contributed by atoms with Crippen molar-refractivity contribution in [3.8, 4) is 0 Å². The summed E-state index contributed by atoms with van der Waals surface area (Å²) < 4.78 is 6.40. The van der Waals surface area contributed by atoms with Crippen molar-refractivity contribution in [2.75, 3.05) is 20.6 Å². The Labute approximate surface area is 276 Å². The van der Waals surface area contributed by atoms with E-state index in [0.717, 1.165) is 83.6 Å². The van der Waals surface area contributed by atoms with E-state index in [-0.39, 0.29) is 12.1 Å². The number of unbranched alkanes of at least 4 members (excludes halogenated alkanes) is 12. The zero-order valence-electron chi connectivity index (χ0n) is 30.2. The second kappa shape index (κ2) is 32.8. The number of hydrogen-bond donors (Lipinski definition) is 0. The van der Waals surface area contributed by atoms with Crippen LogP contribution in [-0.2, 0) is 9.53 Å². The fourth-order valence-corrected chi connectivity index (χ4v) is 5.89. The first-order valence-electron chi connectivity index (χ1n) is 18.9. The maximum absolute atomic E-state index is 13.1. The lowest BCUT2D eigenvalue weighted by Gasteiger charge is -2.32. The maximum Gasteiger partial charge on any atom is 0.306 e. The predicted molar refractivity (Wildman–Crippen MR) is 196 cm³/mol. The van der Waals surface area contributed by atoms with E-state index < -0.39 is 0 Å². The highest BCUT2D eigenvalue weighted by Gasteiger charge is 2.29. The summed E-state index contributed by atoms with van der Waals surface area (Å²) in [6, 6.07) is 0. The minimum Gasteiger partial charge on any atom is -0.462 e. The lowest BCUT2D eigenvalue weighted by atomic mass is 9.80. The van der Waals surface area contributed by atoms with E-state index in [1.54, 1.807) is 0 Å². The normalized spacial score (nSPS) is 14.2. The van der Waals surface area contributed by atoms with Crippen LogP contribution in [0.2, 0.25) is 0 Å². The number of carbonyl (C=O) groups is 1. The average Bonchev–Trinajstić information content (AvgIpc) is 3.00. The van der Waals surface area contributed by atoms with Crippen LogP contribution in [0.3, 0.4) is 0 Å². The quantitative estimate of drug-likeness (QED) is 0.0429. The SMILES string of the molecule is C=CCCC/C=C\CCCC(C(C)CC/C=C\CCCCC)C(CCC/C=C\CCCCC)OC(=O)CCCCCN(C)C. The van der Waals surface area contributed by atoms with Crippen LogP contribution in [0.1, 0.15) is 168 Å². The molecule has 0 saturated carbocycles. The van der Waals surface area contributed by atoms with Gasteiger partial charge >= 0.3 is 5.97 Å². The lowest BCUT2D eigenvalue weighted by Crippen LogP contribution is -2.31. The van der Waals surface area contributed by atoms with E-state index in [9.17, 15) is 4.79 Å². The van der Waals surface area contributed by atoms with Gasteiger partial charge in [-0.3, -0.25) is 4.79 Å². The molecule has 3 heteroatoms. The number of nitrogens with zero attached hydrogens (tertiary/aromatic N) is 1. The first-order chi connectivity index (χ1) is 21.5. The van der Waals surface area contributed by atoms with Crippen molar-refractivity contribution < 1.29 is 9.53 Å². The van der Waals surface area contributed by atoms with Crippen LogP contribution in [0.25, 0.3) is 0 Å². The van der Waals surface area contributed by atoms with Crippen LogP contribution in [0.15, 0.2) is 49.1 Å². The van der Waals surface area contributed by atoms with E-state index >= 15 is 0 Å². The highest BCUT2D eigenvalue weighted by atomic mass is 16.5. The molecule has 0 amide bonds. The molecule has 0 aliphatic carbocycles. The van der Waals surface area contributed by atoms with Gasteiger partial charge in [0, 0.05) is 6.42 Å². The molecule has 0 bridgehead atoms. The summed E-state index contributed by atoms with van der Waals surface area (Å²) in [7, 11) is 4.23. The van der Waals surface area contributed by atoms with Crippen molar-refractivity contribution in [2.24, 2.45) is 11.8 Å². The molecule has 256 valence electrons. The molecule has 3 unspecified atom stereocenters. The van der Waals surface area contributed by atoms with Gasteiger partial charge in [0.1, 0.15) is 6.10 Å². The van der Waals surface area contributed by atoms with Crippen molar-refractivity contribution in [2.45, 2.75) is 175 Å². The molecule has 0 aliphatic rings. The molecule has 0 aromatic heterocycles. The predicted octanol–water partition coefficient (Wildman–Crippen LogP) is 12.6. The molecule has 0 N–H and O–H groups in total. The monoisotopic (exact) mass is 614 g/mol. The van der Waals surface area contributed by atoms with Gasteiger partial charge in [0.25, 0.3) is 0 Å². The first kappa shape index (κ1) is 42.4. The Morgan fingerprint density at radius 2 is 1.18 bits per heavy atom. The molecule has 3 atom stereocenters. The molecule has 0 spiro atoms. The van der Waals surface area contributed by atoms with Gasteiger partial charge in [0.15, 0.2) is 0 Å². The summed E-state index contributed by atoms with van der Waals surface area (Å²) in [5, 5.41) is 0. The number of hydrogen-bond acceptors (Lipinski definition) is 3. The fourth-order valence-electron chi connectivity index (χ4n) is 5.89. The van der Waals surface area contributed by atoms with Crippen molar-refractivity contribution >= 4 is 5.97 Å². The van der Waals surface area contributed by atoms with Crippen molar-refractivity contribution in [1.82, 2.24) is 4.90 Å². The van der Waals surface area contributed by atoms with Crippen molar-refractivity contribution in [1.29, 1.82) is 0 Å². The summed E-state index contributed by atoms with van der Waals surface area (Å²) in [5.41, 5.74) is 0. The second-order valence-electron chi connectivity index (χ2n) is 13.3. The molecule has 0 aromatic carbocycles. The Morgan fingerprint density at radius 1 is 0.636 bits per heavy atom. The number of allylic oxidation sites excluding steroid dienone is 7. The second-order valence-corrected chi connectivity index (χ2v) is 13.3. The largest absolute Gasteiger partial charge is 0.462 e. The van der Waals surface area contributed by atoms with Crippen molar-refractivity contribution in [3.05, 3.63) is 49.1 Å². The Kier molecular flexibility index (Phi) is 31.6. The van der Waals surface area contributed by atoms with Gasteiger partial charge in [-0.15, -0.1) is 6.58 Å². The molecule has 0 rings (SSSR count). The van der Waals surface area contributed by atoms with Gasteiger partial charge in [0.2, 0.25) is 0 Å². The van der Waals surface area contributed by atoms with Gasteiger partial charge in [-0.1, -0.05) is 95.4 Å². The number of esters is 1. The van der Waals surface area contributed by atoms with E-state index in [1.165, 1.54) is 64.2 Å². The van der Waals surface area contributed by atoms with Gasteiger partial charge in [-0.2, -0.15) is 0 Å². The van der Waals surface area contributed by atoms with Crippen LogP contribution < -0.4 is 0 Å². The topological polar surface area (TPSA) is 29.5 Å². The molecule has 0 radical (unpaired) electrons. The summed E-state index contributed by atoms with van der Waals surface area (Å²) in [6.07, 6.45) is 42.4. The van der Waals surface area contributed by atoms with Crippen molar-refractivity contribution in [3.63, 3.8) is 0 Å². The van der Waals surface area contributed by atoms with Crippen LogP contribution in [0, 0.1) is 11.8 Å². The minimum atomic E-state index is 0.0186. The summed E-state index contributed by atoms with van der Waals surface area (Å²) >= 11 is 0. The van der Waals surface area contributed by atoms with Gasteiger partial charge in [-0.05, 0) is 142 Å². The summed E-state index contributed by atoms with van der Waals surface area (Å²) in [5.74, 6) is 0.975. The fraction of sp³-hybridized carbons (Fsp3) is 0.780. The molecule has 0 heterocycles. The van der Waals surface area contributed by atoms with Crippen LogP contribution in [0.4, 0.5) is 0 Å². The third-order valence-corrected chi connectivity index (χ3v) is 8.76. The minimum absolute atomic E-state index is 0.0186. The molecule has 44 heavy (non-hydrogen) atoms. The van der Waals surface area contributed by atoms with E-state index in [1.807, 2.05) is 6.08 Å².